The van der Waals surface area contributed by atoms with Crippen molar-refractivity contribution in [3.8, 4) is 11.5 Å². The van der Waals surface area contributed by atoms with Gasteiger partial charge in [-0.05, 0) is 36.6 Å². The predicted molar refractivity (Wildman–Crippen MR) is 116 cm³/mol. The smallest absolute Gasteiger partial charge is 0.242 e. The highest BCUT2D eigenvalue weighted by Gasteiger charge is 2.55. The van der Waals surface area contributed by atoms with E-state index in [1.54, 1.807) is 6.07 Å². The first kappa shape index (κ1) is 20.7. The van der Waals surface area contributed by atoms with Gasteiger partial charge in [0, 0.05) is 18.0 Å². The van der Waals surface area contributed by atoms with Crippen molar-refractivity contribution in [2.75, 3.05) is 13.2 Å². The van der Waals surface area contributed by atoms with Gasteiger partial charge in [-0.15, -0.1) is 0 Å². The normalized spacial score (nSPS) is 25.5. The van der Waals surface area contributed by atoms with E-state index in [4.69, 9.17) is 4.74 Å². The molecule has 2 aliphatic rings. The lowest BCUT2D eigenvalue weighted by Crippen LogP contribution is -2.41. The summed E-state index contributed by atoms with van der Waals surface area (Å²) in [4.78, 5) is 15.2. The third-order valence-corrected chi connectivity index (χ3v) is 6.12. The number of fused-ring (bicyclic) bond motifs is 1. The topological polar surface area (TPSA) is 73.8 Å². The van der Waals surface area contributed by atoms with Crippen LogP contribution in [0.25, 0.3) is 0 Å². The molecule has 0 aromatic heterocycles. The molecule has 2 heterocycles. The van der Waals surface area contributed by atoms with Gasteiger partial charge in [0.2, 0.25) is 5.91 Å². The molecule has 0 saturated carbocycles. The first-order chi connectivity index (χ1) is 14.7. The summed E-state index contributed by atoms with van der Waals surface area (Å²) >= 11 is 0. The van der Waals surface area contributed by atoms with Gasteiger partial charge in [0.1, 0.15) is 17.5 Å². The summed E-state index contributed by atoms with van der Waals surface area (Å²) in [6, 6.07) is 14.9. The van der Waals surface area contributed by atoms with Crippen molar-refractivity contribution in [1.29, 1.82) is 0 Å². The number of ether oxygens (including phenoxy) is 1. The van der Waals surface area contributed by atoms with E-state index < -0.39 is 0 Å². The Morgan fingerprint density at radius 1 is 1.03 bits per heavy atom. The van der Waals surface area contributed by atoms with E-state index in [9.17, 15) is 9.90 Å². The number of carbonyl (C=O) groups is 1. The van der Waals surface area contributed by atoms with Gasteiger partial charge in [-0.2, -0.15) is 0 Å². The average Bonchev–Trinajstić information content (AvgIpc) is 3.29. The molecule has 2 fully saturated rings. The van der Waals surface area contributed by atoms with E-state index in [2.05, 4.69) is 36.8 Å². The molecule has 2 aliphatic heterocycles. The molecule has 0 bridgehead atoms. The summed E-state index contributed by atoms with van der Waals surface area (Å²) in [5, 5.41) is 10.5. The SMILES string of the molecule is CCCCOc1cccc(C2C3C(NNC3c3ccccc3O)C(=O)N2CCC)c1. The Kier molecular flexibility index (Phi) is 6.25. The highest BCUT2D eigenvalue weighted by atomic mass is 16.5. The summed E-state index contributed by atoms with van der Waals surface area (Å²) in [5.74, 6) is 1.15. The zero-order valence-corrected chi connectivity index (χ0v) is 17.7. The number of nitrogens with one attached hydrogen (secondary N) is 2. The van der Waals surface area contributed by atoms with Crippen LogP contribution in [0.15, 0.2) is 48.5 Å². The number of rotatable bonds is 8. The van der Waals surface area contributed by atoms with E-state index in [0.29, 0.717) is 13.2 Å². The molecule has 2 aromatic carbocycles. The van der Waals surface area contributed by atoms with Gasteiger partial charge in [-0.1, -0.05) is 50.6 Å². The van der Waals surface area contributed by atoms with Crippen LogP contribution in [0, 0.1) is 5.92 Å². The van der Waals surface area contributed by atoms with Gasteiger partial charge in [0.25, 0.3) is 0 Å². The average molecular weight is 410 g/mol. The molecule has 1 amide bonds. The minimum Gasteiger partial charge on any atom is -0.508 e. The number of likely N-dealkylation sites (tertiary alicyclic amines) is 1. The molecule has 2 saturated heterocycles. The second kappa shape index (κ2) is 9.06. The number of phenolic OH excluding ortho intramolecular Hbond substituents is 1. The van der Waals surface area contributed by atoms with Crippen molar-refractivity contribution in [3.05, 3.63) is 59.7 Å². The highest BCUT2D eigenvalue weighted by molar-refractivity contribution is 5.86. The predicted octanol–water partition coefficient (Wildman–Crippen LogP) is 3.70. The number of unbranched alkanes of at least 4 members (excludes halogenated alkanes) is 1. The molecule has 30 heavy (non-hydrogen) atoms. The third-order valence-electron chi connectivity index (χ3n) is 6.12. The molecular formula is C24H31N3O3. The van der Waals surface area contributed by atoms with Gasteiger partial charge >= 0.3 is 0 Å². The number of nitrogens with zero attached hydrogens (tertiary/aromatic N) is 1. The van der Waals surface area contributed by atoms with Gasteiger partial charge in [0.05, 0.1) is 18.7 Å². The van der Waals surface area contributed by atoms with Gasteiger partial charge < -0.3 is 14.7 Å². The fourth-order valence-corrected chi connectivity index (χ4v) is 4.73. The quantitative estimate of drug-likeness (QED) is 0.580. The number of carbonyl (C=O) groups excluding carboxylic acids is 1. The second-order valence-corrected chi connectivity index (χ2v) is 8.13. The number of para-hydroxylation sites is 1. The minimum absolute atomic E-state index is 0.0387. The van der Waals surface area contributed by atoms with Crippen LogP contribution in [-0.4, -0.2) is 35.1 Å². The number of phenols is 1. The lowest BCUT2D eigenvalue weighted by atomic mass is 9.83. The van der Waals surface area contributed by atoms with Crippen molar-refractivity contribution in [2.24, 2.45) is 5.92 Å². The van der Waals surface area contributed by atoms with Crippen LogP contribution in [0.1, 0.15) is 56.3 Å². The number of amides is 1. The van der Waals surface area contributed by atoms with Crippen molar-refractivity contribution in [1.82, 2.24) is 15.8 Å². The van der Waals surface area contributed by atoms with E-state index in [-0.39, 0.29) is 35.7 Å². The molecule has 3 N–H and O–H groups in total. The number of aromatic hydroxyl groups is 1. The van der Waals surface area contributed by atoms with Crippen LogP contribution in [0.4, 0.5) is 0 Å². The highest BCUT2D eigenvalue weighted by Crippen LogP contribution is 2.48. The van der Waals surface area contributed by atoms with Gasteiger partial charge in [-0.3, -0.25) is 4.79 Å². The summed E-state index contributed by atoms with van der Waals surface area (Å²) < 4.78 is 5.94. The Morgan fingerprint density at radius 2 is 1.83 bits per heavy atom. The monoisotopic (exact) mass is 409 g/mol. The first-order valence-corrected chi connectivity index (χ1v) is 11.0. The lowest BCUT2D eigenvalue weighted by Gasteiger charge is -2.31. The Hall–Kier alpha value is -2.57. The summed E-state index contributed by atoms with van der Waals surface area (Å²) in [5.41, 5.74) is 8.36. The van der Waals surface area contributed by atoms with Crippen LogP contribution < -0.4 is 15.6 Å². The minimum atomic E-state index is -0.323. The number of hydrazine groups is 1. The summed E-state index contributed by atoms with van der Waals surface area (Å²) in [7, 11) is 0. The molecule has 160 valence electrons. The summed E-state index contributed by atoms with van der Waals surface area (Å²) in [6.07, 6.45) is 3.00. The van der Waals surface area contributed by atoms with Gasteiger partial charge in [0.15, 0.2) is 0 Å². The van der Waals surface area contributed by atoms with Crippen molar-refractivity contribution < 1.29 is 14.6 Å². The zero-order chi connectivity index (χ0) is 21.1. The van der Waals surface area contributed by atoms with Crippen LogP contribution >= 0.6 is 0 Å². The fourth-order valence-electron chi connectivity index (χ4n) is 4.73. The molecule has 4 atom stereocenters. The van der Waals surface area contributed by atoms with Crippen LogP contribution in [-0.2, 0) is 4.79 Å². The van der Waals surface area contributed by atoms with Gasteiger partial charge in [-0.25, -0.2) is 10.9 Å². The maximum absolute atomic E-state index is 13.2. The second-order valence-electron chi connectivity index (χ2n) is 8.13. The lowest BCUT2D eigenvalue weighted by molar-refractivity contribution is -0.130. The molecule has 0 radical (unpaired) electrons. The van der Waals surface area contributed by atoms with Crippen molar-refractivity contribution in [2.45, 2.75) is 51.2 Å². The van der Waals surface area contributed by atoms with E-state index in [0.717, 1.165) is 36.1 Å². The van der Waals surface area contributed by atoms with Crippen LogP contribution in [0.5, 0.6) is 11.5 Å². The molecule has 0 aliphatic carbocycles. The molecular weight excluding hydrogens is 378 g/mol. The number of hydrogen-bond donors (Lipinski definition) is 3. The molecule has 4 rings (SSSR count). The molecule has 2 aromatic rings. The molecule has 0 spiro atoms. The maximum Gasteiger partial charge on any atom is 0.242 e. The Bertz CT molecular complexity index is 888. The Morgan fingerprint density at radius 3 is 2.60 bits per heavy atom. The maximum atomic E-state index is 13.2. The van der Waals surface area contributed by atoms with Crippen LogP contribution in [0.2, 0.25) is 0 Å². The largest absolute Gasteiger partial charge is 0.508 e. The Balaban J connectivity index is 1.70. The van der Waals surface area contributed by atoms with E-state index in [1.807, 2.05) is 35.2 Å². The number of hydrogen-bond acceptors (Lipinski definition) is 5. The summed E-state index contributed by atoms with van der Waals surface area (Å²) in [6.45, 7) is 5.63. The van der Waals surface area contributed by atoms with Crippen LogP contribution in [0.3, 0.4) is 0 Å². The first-order valence-electron chi connectivity index (χ1n) is 11.0. The standard InChI is InChI=1S/C24H31N3O3/c1-3-5-14-30-17-10-8-9-16(15-17)23-20-21(18-11-6-7-12-19(18)28)25-26-22(20)24(29)27(23)13-4-2/h6-12,15,20-23,25-26,28H,3-5,13-14H2,1-2H3. The van der Waals surface area contributed by atoms with Crippen molar-refractivity contribution >= 4 is 5.91 Å². The van der Waals surface area contributed by atoms with Crippen molar-refractivity contribution in [3.63, 3.8) is 0 Å². The third kappa shape index (κ3) is 3.77. The Labute approximate surface area is 178 Å². The fraction of sp³-hybridized carbons (Fsp3) is 0.458. The molecule has 6 nitrogen and oxygen atoms in total. The molecule has 6 heteroatoms. The molecule has 4 unspecified atom stereocenters. The van der Waals surface area contributed by atoms with E-state index in [1.165, 1.54) is 0 Å². The zero-order valence-electron chi connectivity index (χ0n) is 17.7. The number of benzene rings is 2. The van der Waals surface area contributed by atoms with E-state index >= 15 is 0 Å².